The van der Waals surface area contributed by atoms with Gasteiger partial charge < -0.3 is 5.32 Å². The number of likely N-dealkylation sites (N-methyl/N-ethyl adjacent to an activating group) is 1. The molecule has 0 fully saturated rings. The van der Waals surface area contributed by atoms with Crippen molar-refractivity contribution in [2.24, 2.45) is 0 Å². The molecule has 1 nitrogen and oxygen atoms in total. The number of benzene rings is 2. The molecule has 21 heavy (non-hydrogen) atoms. The summed E-state index contributed by atoms with van der Waals surface area (Å²) in [4.78, 5) is 0. The molecular formula is C16H15BrCl3N. The maximum Gasteiger partial charge on any atom is 0.0548 e. The smallest absolute Gasteiger partial charge is 0.0548 e. The second kappa shape index (κ2) is 7.85. The summed E-state index contributed by atoms with van der Waals surface area (Å²) >= 11 is 22.1. The quantitative estimate of drug-likeness (QED) is 0.613. The van der Waals surface area contributed by atoms with Crippen LogP contribution in [0.15, 0.2) is 40.9 Å². The van der Waals surface area contributed by atoms with Gasteiger partial charge in [-0.3, -0.25) is 0 Å². The van der Waals surface area contributed by atoms with Gasteiger partial charge in [0.15, 0.2) is 0 Å². The Labute approximate surface area is 148 Å². The summed E-state index contributed by atoms with van der Waals surface area (Å²) in [5.41, 5.74) is 2.10. The fraction of sp³-hybridized carbons (Fsp3) is 0.250. The van der Waals surface area contributed by atoms with Gasteiger partial charge in [0.05, 0.1) is 5.02 Å². The van der Waals surface area contributed by atoms with Gasteiger partial charge in [-0.1, -0.05) is 53.9 Å². The molecule has 1 N–H and O–H groups in total. The van der Waals surface area contributed by atoms with Crippen LogP contribution < -0.4 is 5.32 Å². The number of hydrogen-bond donors (Lipinski definition) is 1. The Balaban J connectivity index is 2.33. The van der Waals surface area contributed by atoms with E-state index < -0.39 is 0 Å². The van der Waals surface area contributed by atoms with E-state index in [4.69, 9.17) is 34.8 Å². The minimum Gasteiger partial charge on any atom is -0.310 e. The SMILES string of the molecule is CCNC(Cc1c(Cl)cccc1Cl)c1ccc(Cl)c(Br)c1. The fourth-order valence-corrected chi connectivity index (χ4v) is 3.28. The molecule has 0 saturated heterocycles. The average Bonchev–Trinajstić information content (AvgIpc) is 2.45. The second-order valence-corrected chi connectivity index (χ2v) is 6.76. The van der Waals surface area contributed by atoms with Crippen molar-refractivity contribution in [1.29, 1.82) is 0 Å². The Morgan fingerprint density at radius 3 is 2.29 bits per heavy atom. The summed E-state index contributed by atoms with van der Waals surface area (Å²) in [5.74, 6) is 0. The molecule has 0 bridgehead atoms. The topological polar surface area (TPSA) is 12.0 Å². The van der Waals surface area contributed by atoms with Crippen molar-refractivity contribution in [1.82, 2.24) is 5.32 Å². The summed E-state index contributed by atoms with van der Waals surface area (Å²) in [6.45, 7) is 2.93. The zero-order valence-corrected chi connectivity index (χ0v) is 15.3. The predicted octanol–water partition coefficient (Wildman–Crippen LogP) is 6.30. The Hall–Kier alpha value is -0.250. The average molecular weight is 408 g/mol. The number of hydrogen-bond acceptors (Lipinski definition) is 1. The lowest BCUT2D eigenvalue weighted by molar-refractivity contribution is 0.550. The van der Waals surface area contributed by atoms with Crippen molar-refractivity contribution in [2.75, 3.05) is 6.54 Å². The van der Waals surface area contributed by atoms with Crippen LogP contribution in [0.3, 0.4) is 0 Å². The molecule has 0 amide bonds. The number of nitrogens with one attached hydrogen (secondary N) is 1. The molecule has 2 aromatic rings. The van der Waals surface area contributed by atoms with Crippen LogP contribution in [0.4, 0.5) is 0 Å². The summed E-state index contributed by atoms with van der Waals surface area (Å²) in [6.07, 6.45) is 0.723. The first-order valence-electron chi connectivity index (χ1n) is 6.64. The monoisotopic (exact) mass is 405 g/mol. The first-order valence-corrected chi connectivity index (χ1v) is 8.56. The number of halogens is 4. The van der Waals surface area contributed by atoms with Crippen LogP contribution in [0, 0.1) is 0 Å². The van der Waals surface area contributed by atoms with Crippen LogP contribution in [0.2, 0.25) is 15.1 Å². The zero-order valence-electron chi connectivity index (χ0n) is 11.5. The summed E-state index contributed by atoms with van der Waals surface area (Å²) in [6, 6.07) is 11.6. The van der Waals surface area contributed by atoms with E-state index in [2.05, 4.69) is 28.2 Å². The normalized spacial score (nSPS) is 12.4. The minimum atomic E-state index is 0.126. The Kier molecular flexibility index (Phi) is 6.39. The van der Waals surface area contributed by atoms with Gasteiger partial charge in [-0.2, -0.15) is 0 Å². The van der Waals surface area contributed by atoms with Crippen molar-refractivity contribution in [3.8, 4) is 0 Å². The van der Waals surface area contributed by atoms with Gasteiger partial charge in [0, 0.05) is 20.6 Å². The molecule has 0 spiro atoms. The molecule has 0 radical (unpaired) electrons. The Morgan fingerprint density at radius 1 is 1.05 bits per heavy atom. The van der Waals surface area contributed by atoms with E-state index in [9.17, 15) is 0 Å². The van der Waals surface area contributed by atoms with Crippen molar-refractivity contribution in [3.05, 3.63) is 67.1 Å². The lowest BCUT2D eigenvalue weighted by atomic mass is 9.98. The van der Waals surface area contributed by atoms with Crippen LogP contribution in [0.1, 0.15) is 24.1 Å². The molecule has 0 saturated carbocycles. The highest BCUT2D eigenvalue weighted by Gasteiger charge is 2.16. The zero-order chi connectivity index (χ0) is 15.4. The van der Waals surface area contributed by atoms with Crippen molar-refractivity contribution < 1.29 is 0 Å². The first-order chi connectivity index (χ1) is 10.0. The van der Waals surface area contributed by atoms with Crippen LogP contribution >= 0.6 is 50.7 Å². The van der Waals surface area contributed by atoms with Crippen LogP contribution in [0.5, 0.6) is 0 Å². The van der Waals surface area contributed by atoms with Crippen LogP contribution in [-0.2, 0) is 6.42 Å². The number of rotatable bonds is 5. The Bertz CT molecular complexity index is 611. The van der Waals surface area contributed by atoms with E-state index in [1.807, 2.05) is 36.4 Å². The summed E-state index contributed by atoms with van der Waals surface area (Å²) < 4.78 is 0.884. The highest BCUT2D eigenvalue weighted by atomic mass is 79.9. The molecule has 0 heterocycles. The summed E-state index contributed by atoms with van der Waals surface area (Å²) in [7, 11) is 0. The van der Waals surface area contributed by atoms with Crippen molar-refractivity contribution >= 4 is 50.7 Å². The Morgan fingerprint density at radius 2 is 1.71 bits per heavy atom. The lowest BCUT2D eigenvalue weighted by Crippen LogP contribution is -2.23. The third-order valence-electron chi connectivity index (χ3n) is 3.27. The van der Waals surface area contributed by atoms with Crippen LogP contribution in [0.25, 0.3) is 0 Å². The first kappa shape index (κ1) is 17.1. The van der Waals surface area contributed by atoms with Crippen LogP contribution in [-0.4, -0.2) is 6.54 Å². The largest absolute Gasteiger partial charge is 0.310 e. The minimum absolute atomic E-state index is 0.126. The van der Waals surface area contributed by atoms with E-state index in [0.717, 1.165) is 28.6 Å². The van der Waals surface area contributed by atoms with Gasteiger partial charge in [-0.25, -0.2) is 0 Å². The second-order valence-electron chi connectivity index (χ2n) is 4.69. The van der Waals surface area contributed by atoms with Crippen molar-refractivity contribution in [3.63, 3.8) is 0 Å². The third-order valence-corrected chi connectivity index (χ3v) is 5.19. The van der Waals surface area contributed by atoms with E-state index in [0.29, 0.717) is 15.1 Å². The van der Waals surface area contributed by atoms with Gasteiger partial charge in [0.25, 0.3) is 0 Å². The molecule has 2 rings (SSSR count). The fourth-order valence-electron chi connectivity index (χ4n) is 2.21. The molecule has 5 heteroatoms. The molecule has 0 aliphatic heterocycles. The standard InChI is InChI=1S/C16H15BrCl3N/c1-2-21-16(10-6-7-15(20)12(17)8-10)9-11-13(18)4-3-5-14(11)19/h3-8,16,21H,2,9H2,1H3. The highest BCUT2D eigenvalue weighted by molar-refractivity contribution is 9.10. The van der Waals surface area contributed by atoms with E-state index in [-0.39, 0.29) is 6.04 Å². The molecule has 1 unspecified atom stereocenters. The van der Waals surface area contributed by atoms with Gasteiger partial charge in [-0.15, -0.1) is 0 Å². The third kappa shape index (κ3) is 4.37. The molecule has 2 aromatic carbocycles. The van der Waals surface area contributed by atoms with Gasteiger partial charge in [0.1, 0.15) is 0 Å². The summed E-state index contributed by atoms with van der Waals surface area (Å²) in [5, 5.41) is 5.55. The lowest BCUT2D eigenvalue weighted by Gasteiger charge is -2.20. The molecule has 0 aliphatic carbocycles. The van der Waals surface area contributed by atoms with Gasteiger partial charge in [-0.05, 0) is 64.3 Å². The molecule has 0 aliphatic rings. The molecule has 0 aromatic heterocycles. The van der Waals surface area contributed by atoms with Crippen molar-refractivity contribution in [2.45, 2.75) is 19.4 Å². The van der Waals surface area contributed by atoms with E-state index in [1.165, 1.54) is 0 Å². The maximum absolute atomic E-state index is 6.28. The predicted molar refractivity (Wildman–Crippen MR) is 95.7 cm³/mol. The maximum atomic E-state index is 6.28. The van der Waals surface area contributed by atoms with Gasteiger partial charge in [0.2, 0.25) is 0 Å². The molecule has 112 valence electrons. The molecule has 1 atom stereocenters. The molecular weight excluding hydrogens is 392 g/mol. The van der Waals surface area contributed by atoms with Gasteiger partial charge >= 0.3 is 0 Å². The van der Waals surface area contributed by atoms with E-state index in [1.54, 1.807) is 0 Å². The van der Waals surface area contributed by atoms with E-state index >= 15 is 0 Å². The highest BCUT2D eigenvalue weighted by Crippen LogP contribution is 2.31.